The Morgan fingerprint density at radius 2 is 1.91 bits per heavy atom. The molecule has 1 N–H and O–H groups in total. The normalized spacial score (nSPS) is 19.3. The lowest BCUT2D eigenvalue weighted by Gasteiger charge is -2.31. The monoisotopic (exact) mass is 303 g/mol. The van der Waals surface area contributed by atoms with Crippen LogP contribution in [-0.4, -0.2) is 23.7 Å². The van der Waals surface area contributed by atoms with E-state index in [1.54, 1.807) is 0 Å². The quantitative estimate of drug-likeness (QED) is 0.753. The number of aliphatic carboxylic acids is 1. The molecule has 1 aliphatic rings. The molecular weight excluding hydrogens is 274 g/mol. The van der Waals surface area contributed by atoms with Crippen LogP contribution in [0.15, 0.2) is 18.2 Å². The summed E-state index contributed by atoms with van der Waals surface area (Å²) in [5.74, 6) is -0.681. The molecule has 0 fully saturated rings. The Labute approximate surface area is 134 Å². The fourth-order valence-corrected chi connectivity index (χ4v) is 3.47. The van der Waals surface area contributed by atoms with Gasteiger partial charge in [0, 0.05) is 30.1 Å². The fraction of sp³-hybridized carbons (Fsp3) is 0.632. The summed E-state index contributed by atoms with van der Waals surface area (Å²) in [6.07, 6.45) is 4.35. The zero-order valence-electron chi connectivity index (χ0n) is 14.4. The number of carbonyl (C=O) groups is 1. The number of benzene rings is 1. The first-order valence-corrected chi connectivity index (χ1v) is 8.43. The fourth-order valence-electron chi connectivity index (χ4n) is 3.47. The smallest absolute Gasteiger partial charge is 0.303 e. The van der Waals surface area contributed by atoms with Gasteiger partial charge in [-0.3, -0.25) is 4.79 Å². The Morgan fingerprint density at radius 3 is 2.59 bits per heavy atom. The summed E-state index contributed by atoms with van der Waals surface area (Å²) in [6.45, 7) is 10.2. The molecule has 1 unspecified atom stereocenters. The first-order valence-electron chi connectivity index (χ1n) is 8.43. The zero-order valence-corrected chi connectivity index (χ0v) is 14.4. The minimum Gasteiger partial charge on any atom is -0.481 e. The third kappa shape index (κ3) is 3.45. The van der Waals surface area contributed by atoms with E-state index in [2.05, 4.69) is 50.8 Å². The zero-order chi connectivity index (χ0) is 16.3. The molecule has 0 amide bonds. The van der Waals surface area contributed by atoms with Crippen molar-refractivity contribution in [3.63, 3.8) is 0 Å². The summed E-state index contributed by atoms with van der Waals surface area (Å²) in [6, 6.07) is 7.30. The van der Waals surface area contributed by atoms with Gasteiger partial charge in [0.25, 0.3) is 0 Å². The number of carboxylic acids is 1. The summed E-state index contributed by atoms with van der Waals surface area (Å²) in [5.41, 5.74) is 4.36. The van der Waals surface area contributed by atoms with Crippen molar-refractivity contribution in [1.29, 1.82) is 0 Å². The van der Waals surface area contributed by atoms with E-state index in [-0.39, 0.29) is 5.41 Å². The summed E-state index contributed by atoms with van der Waals surface area (Å²) in [7, 11) is 0. The van der Waals surface area contributed by atoms with Gasteiger partial charge < -0.3 is 10.0 Å². The number of unbranched alkanes of at least 4 members (excludes halogenated alkanes) is 3. The van der Waals surface area contributed by atoms with Crippen molar-refractivity contribution in [2.45, 2.75) is 71.3 Å². The van der Waals surface area contributed by atoms with E-state index in [4.69, 9.17) is 5.11 Å². The van der Waals surface area contributed by atoms with Gasteiger partial charge in [0.05, 0.1) is 0 Å². The molecule has 1 aliphatic heterocycles. The summed E-state index contributed by atoms with van der Waals surface area (Å²) in [4.78, 5) is 13.0. The third-order valence-corrected chi connectivity index (χ3v) is 5.21. The Kier molecular flexibility index (Phi) is 5.15. The molecule has 0 radical (unpaired) electrons. The van der Waals surface area contributed by atoms with Crippen molar-refractivity contribution in [3.05, 3.63) is 29.3 Å². The number of anilines is 1. The highest BCUT2D eigenvalue weighted by molar-refractivity contribution is 5.66. The number of rotatable bonds is 7. The van der Waals surface area contributed by atoms with Gasteiger partial charge in [-0.15, -0.1) is 0 Å². The van der Waals surface area contributed by atoms with E-state index in [0.29, 0.717) is 12.5 Å². The van der Waals surface area contributed by atoms with Crippen LogP contribution < -0.4 is 4.90 Å². The predicted molar refractivity (Wildman–Crippen MR) is 91.7 cm³/mol. The molecule has 3 nitrogen and oxygen atoms in total. The molecule has 1 aromatic rings. The first kappa shape index (κ1) is 16.9. The van der Waals surface area contributed by atoms with Gasteiger partial charge in [0.1, 0.15) is 0 Å². The van der Waals surface area contributed by atoms with Gasteiger partial charge in [-0.1, -0.05) is 44.4 Å². The maximum Gasteiger partial charge on any atom is 0.303 e. The van der Waals surface area contributed by atoms with Crippen molar-refractivity contribution >= 4 is 11.7 Å². The molecule has 0 saturated heterocycles. The van der Waals surface area contributed by atoms with Crippen LogP contribution in [-0.2, 0) is 10.2 Å². The number of fused-ring (bicyclic) bond motifs is 1. The number of aryl methyl sites for hydroxylation is 1. The highest BCUT2D eigenvalue weighted by Crippen LogP contribution is 2.45. The second-order valence-corrected chi connectivity index (χ2v) is 7.17. The van der Waals surface area contributed by atoms with Crippen molar-refractivity contribution in [2.24, 2.45) is 0 Å². The maximum atomic E-state index is 10.5. The SMILES string of the molecule is Cc1ccc2c(c1)C(C)(C)C(C)N2CCCCCCC(=O)O. The largest absolute Gasteiger partial charge is 0.481 e. The van der Waals surface area contributed by atoms with Gasteiger partial charge in [-0.2, -0.15) is 0 Å². The van der Waals surface area contributed by atoms with Crippen LogP contribution in [0.2, 0.25) is 0 Å². The van der Waals surface area contributed by atoms with Crippen LogP contribution in [0.4, 0.5) is 5.69 Å². The van der Waals surface area contributed by atoms with Gasteiger partial charge in [0.15, 0.2) is 0 Å². The molecule has 0 aliphatic carbocycles. The van der Waals surface area contributed by atoms with E-state index in [9.17, 15) is 4.79 Å². The first-order chi connectivity index (χ1) is 10.3. The Bertz CT molecular complexity index is 536. The van der Waals surface area contributed by atoms with Gasteiger partial charge >= 0.3 is 5.97 Å². The summed E-state index contributed by atoms with van der Waals surface area (Å²) in [5, 5.41) is 8.66. The Balaban J connectivity index is 1.94. The second-order valence-electron chi connectivity index (χ2n) is 7.17. The molecule has 0 spiro atoms. The average Bonchev–Trinajstić information content (AvgIpc) is 2.63. The van der Waals surface area contributed by atoms with Crippen LogP contribution >= 0.6 is 0 Å². The van der Waals surface area contributed by atoms with Crippen LogP contribution in [0.3, 0.4) is 0 Å². The molecule has 22 heavy (non-hydrogen) atoms. The third-order valence-electron chi connectivity index (χ3n) is 5.21. The number of hydrogen-bond donors (Lipinski definition) is 1. The lowest BCUT2D eigenvalue weighted by molar-refractivity contribution is -0.137. The number of carboxylic acid groups (broad SMARTS) is 1. The molecule has 3 heteroatoms. The van der Waals surface area contributed by atoms with E-state index >= 15 is 0 Å². The topological polar surface area (TPSA) is 40.5 Å². The molecular formula is C19H29NO2. The molecule has 122 valence electrons. The molecule has 1 heterocycles. The van der Waals surface area contributed by atoms with Gasteiger partial charge in [0.2, 0.25) is 0 Å². The summed E-state index contributed by atoms with van der Waals surface area (Å²) < 4.78 is 0. The van der Waals surface area contributed by atoms with Crippen molar-refractivity contribution < 1.29 is 9.90 Å². The van der Waals surface area contributed by atoms with Crippen molar-refractivity contribution in [2.75, 3.05) is 11.4 Å². The highest BCUT2D eigenvalue weighted by Gasteiger charge is 2.41. The lowest BCUT2D eigenvalue weighted by Crippen LogP contribution is -2.39. The standard InChI is InChI=1S/C19H29NO2/c1-14-10-11-17-16(13-14)19(3,4)15(2)20(17)12-8-6-5-7-9-18(21)22/h10-11,13,15H,5-9,12H2,1-4H3,(H,21,22). The van der Waals surface area contributed by atoms with E-state index in [1.165, 1.54) is 16.8 Å². The Morgan fingerprint density at radius 1 is 1.23 bits per heavy atom. The molecule has 0 bridgehead atoms. The van der Waals surface area contributed by atoms with E-state index in [1.807, 2.05) is 0 Å². The average molecular weight is 303 g/mol. The van der Waals surface area contributed by atoms with Crippen LogP contribution in [0.5, 0.6) is 0 Å². The maximum absolute atomic E-state index is 10.5. The molecule has 0 aromatic heterocycles. The number of hydrogen-bond acceptors (Lipinski definition) is 2. The molecule has 1 atom stereocenters. The van der Waals surface area contributed by atoms with Crippen LogP contribution in [0, 0.1) is 6.92 Å². The minimum absolute atomic E-state index is 0.185. The Hall–Kier alpha value is -1.51. The van der Waals surface area contributed by atoms with Crippen LogP contribution in [0.1, 0.15) is 64.0 Å². The second kappa shape index (κ2) is 6.72. The highest BCUT2D eigenvalue weighted by atomic mass is 16.4. The predicted octanol–water partition coefficient (Wildman–Crippen LogP) is 4.52. The van der Waals surface area contributed by atoms with Gasteiger partial charge in [-0.25, -0.2) is 0 Å². The van der Waals surface area contributed by atoms with Gasteiger partial charge in [-0.05, 0) is 38.3 Å². The minimum atomic E-state index is -0.681. The molecule has 2 rings (SSSR count). The van der Waals surface area contributed by atoms with Crippen molar-refractivity contribution in [3.8, 4) is 0 Å². The van der Waals surface area contributed by atoms with Crippen molar-refractivity contribution in [1.82, 2.24) is 0 Å². The molecule has 1 aromatic carbocycles. The lowest BCUT2D eigenvalue weighted by atomic mass is 9.81. The number of nitrogens with zero attached hydrogens (tertiary/aromatic N) is 1. The van der Waals surface area contributed by atoms with Crippen LogP contribution in [0.25, 0.3) is 0 Å². The van der Waals surface area contributed by atoms with E-state index < -0.39 is 5.97 Å². The summed E-state index contributed by atoms with van der Waals surface area (Å²) >= 11 is 0. The van der Waals surface area contributed by atoms with E-state index in [0.717, 1.165) is 32.2 Å². The molecule has 0 saturated carbocycles.